The maximum atomic E-state index is 5.68. The Morgan fingerprint density at radius 3 is 2.25 bits per heavy atom. The molecular formula is C28H31N3O. The number of ether oxygens (including phenoxy) is 1. The summed E-state index contributed by atoms with van der Waals surface area (Å²) >= 11 is 0. The van der Waals surface area contributed by atoms with Crippen LogP contribution < -0.4 is 10.1 Å². The van der Waals surface area contributed by atoms with E-state index in [1.165, 1.54) is 11.3 Å². The summed E-state index contributed by atoms with van der Waals surface area (Å²) in [5, 5.41) is 3.65. The minimum atomic E-state index is 0.741. The van der Waals surface area contributed by atoms with E-state index in [0.29, 0.717) is 0 Å². The Kier molecular flexibility index (Phi) is 7.36. The molecule has 0 aliphatic heterocycles. The summed E-state index contributed by atoms with van der Waals surface area (Å²) in [6.07, 6.45) is 2.22. The molecule has 0 aliphatic carbocycles. The summed E-state index contributed by atoms with van der Waals surface area (Å²) < 4.78 is 8.06. The number of benzene rings is 3. The quantitative estimate of drug-likeness (QED) is 0.323. The van der Waals surface area contributed by atoms with Crippen molar-refractivity contribution >= 4 is 0 Å². The van der Waals surface area contributed by atoms with Crippen molar-refractivity contribution in [1.29, 1.82) is 0 Å². The van der Waals surface area contributed by atoms with Crippen molar-refractivity contribution in [2.45, 2.75) is 39.4 Å². The number of imidazole rings is 1. The lowest BCUT2D eigenvalue weighted by Gasteiger charge is -2.15. The van der Waals surface area contributed by atoms with Crippen LogP contribution in [0.25, 0.3) is 22.6 Å². The van der Waals surface area contributed by atoms with Crippen LogP contribution in [0.15, 0.2) is 84.9 Å². The number of rotatable bonds is 10. The van der Waals surface area contributed by atoms with Crippen LogP contribution in [0.5, 0.6) is 5.75 Å². The van der Waals surface area contributed by atoms with Gasteiger partial charge in [0.15, 0.2) is 0 Å². The van der Waals surface area contributed by atoms with Crippen LogP contribution in [0, 0.1) is 0 Å². The smallest absolute Gasteiger partial charge is 0.144 e. The first kappa shape index (κ1) is 21.8. The van der Waals surface area contributed by atoms with Crippen molar-refractivity contribution in [3.05, 3.63) is 96.2 Å². The Morgan fingerprint density at radius 2 is 1.53 bits per heavy atom. The molecule has 1 aromatic heterocycles. The Bertz CT molecular complexity index is 1120. The normalized spacial score (nSPS) is 10.9. The summed E-state index contributed by atoms with van der Waals surface area (Å²) in [4.78, 5) is 5.18. The van der Waals surface area contributed by atoms with Gasteiger partial charge in [-0.05, 0) is 24.1 Å². The zero-order chi connectivity index (χ0) is 22.2. The van der Waals surface area contributed by atoms with Crippen molar-refractivity contribution in [2.24, 2.45) is 0 Å². The van der Waals surface area contributed by atoms with Gasteiger partial charge in [-0.25, -0.2) is 4.98 Å². The minimum absolute atomic E-state index is 0.741. The first-order chi connectivity index (χ1) is 15.8. The third-order valence-electron chi connectivity index (χ3n) is 5.67. The molecule has 0 saturated heterocycles. The molecule has 1 N–H and O–H groups in total. The van der Waals surface area contributed by atoms with Crippen molar-refractivity contribution in [3.8, 4) is 28.4 Å². The highest BCUT2D eigenvalue weighted by Gasteiger charge is 2.21. The fourth-order valence-corrected chi connectivity index (χ4v) is 4.01. The Balaban J connectivity index is 1.78. The van der Waals surface area contributed by atoms with Crippen LogP contribution in [-0.4, -0.2) is 16.7 Å². The van der Waals surface area contributed by atoms with E-state index in [0.717, 1.165) is 60.9 Å². The van der Waals surface area contributed by atoms with Gasteiger partial charge in [0, 0.05) is 25.2 Å². The Morgan fingerprint density at radius 1 is 0.844 bits per heavy atom. The lowest BCUT2D eigenvalue weighted by molar-refractivity contribution is 0.415. The summed E-state index contributed by atoms with van der Waals surface area (Å²) in [6.45, 7) is 4.71. The molecule has 0 aliphatic rings. The van der Waals surface area contributed by atoms with Gasteiger partial charge in [-0.1, -0.05) is 86.1 Å². The fraction of sp³-hybridized carbons (Fsp3) is 0.250. The van der Waals surface area contributed by atoms with Crippen LogP contribution in [0.2, 0.25) is 0 Å². The Hall–Kier alpha value is -3.37. The lowest BCUT2D eigenvalue weighted by atomic mass is 10.1. The monoisotopic (exact) mass is 425 g/mol. The van der Waals surface area contributed by atoms with Gasteiger partial charge in [-0.3, -0.25) is 0 Å². The van der Waals surface area contributed by atoms with Crippen LogP contribution in [0.1, 0.15) is 31.0 Å². The zero-order valence-electron chi connectivity index (χ0n) is 18.9. The van der Waals surface area contributed by atoms with E-state index in [2.05, 4.69) is 77.5 Å². The second-order valence-corrected chi connectivity index (χ2v) is 7.89. The van der Waals surface area contributed by atoms with Crippen molar-refractivity contribution in [2.75, 3.05) is 7.11 Å². The average molecular weight is 426 g/mol. The molecule has 1 heterocycles. The van der Waals surface area contributed by atoms with Gasteiger partial charge in [0.1, 0.15) is 11.6 Å². The molecular weight excluding hydrogens is 394 g/mol. The standard InChI is InChI=1S/C28H31N3O/c1-3-4-19-31-25(21-29-20-22-13-7-5-8-14-22)27(23-15-9-6-10-16-23)30-28(31)24-17-11-12-18-26(24)32-2/h5-18,29H,3-4,19-21H2,1-2H3. The van der Waals surface area contributed by atoms with Gasteiger partial charge in [-0.2, -0.15) is 0 Å². The van der Waals surface area contributed by atoms with Gasteiger partial charge in [-0.15, -0.1) is 0 Å². The molecule has 0 radical (unpaired) electrons. The molecule has 0 atom stereocenters. The van der Waals surface area contributed by atoms with Crippen LogP contribution in [-0.2, 0) is 19.6 Å². The summed E-state index contributed by atoms with van der Waals surface area (Å²) in [5.74, 6) is 1.81. The number of methoxy groups -OCH3 is 1. The highest BCUT2D eigenvalue weighted by molar-refractivity contribution is 5.71. The molecule has 3 aromatic carbocycles. The topological polar surface area (TPSA) is 39.1 Å². The summed E-state index contributed by atoms with van der Waals surface area (Å²) in [6, 6.07) is 29.1. The van der Waals surface area contributed by atoms with E-state index >= 15 is 0 Å². The predicted molar refractivity (Wildman–Crippen MR) is 132 cm³/mol. The SMILES string of the molecule is CCCCn1c(-c2ccccc2OC)nc(-c2ccccc2)c1CNCc1ccccc1. The number of hydrogen-bond donors (Lipinski definition) is 1. The number of para-hydroxylation sites is 1. The molecule has 0 amide bonds. The summed E-state index contributed by atoms with van der Waals surface area (Å²) in [7, 11) is 1.72. The molecule has 4 aromatic rings. The molecule has 32 heavy (non-hydrogen) atoms. The molecule has 164 valence electrons. The van der Waals surface area contributed by atoms with E-state index < -0.39 is 0 Å². The van der Waals surface area contributed by atoms with Crippen LogP contribution in [0.3, 0.4) is 0 Å². The molecule has 0 spiro atoms. The summed E-state index contributed by atoms with van der Waals surface area (Å²) in [5.41, 5.74) is 5.68. The van der Waals surface area contributed by atoms with E-state index in [9.17, 15) is 0 Å². The van der Waals surface area contributed by atoms with E-state index in [-0.39, 0.29) is 0 Å². The number of unbranched alkanes of at least 4 members (excludes halogenated alkanes) is 1. The maximum absolute atomic E-state index is 5.68. The van der Waals surface area contributed by atoms with Crippen LogP contribution >= 0.6 is 0 Å². The molecule has 4 heteroatoms. The maximum Gasteiger partial charge on any atom is 0.144 e. The number of nitrogens with one attached hydrogen (secondary N) is 1. The number of hydrogen-bond acceptors (Lipinski definition) is 3. The average Bonchev–Trinajstić information content (AvgIpc) is 3.22. The molecule has 0 saturated carbocycles. The number of nitrogens with zero attached hydrogens (tertiary/aromatic N) is 2. The third kappa shape index (κ3) is 4.92. The van der Waals surface area contributed by atoms with Crippen molar-refractivity contribution < 1.29 is 4.74 Å². The largest absolute Gasteiger partial charge is 0.496 e. The van der Waals surface area contributed by atoms with Gasteiger partial charge in [0.05, 0.1) is 24.1 Å². The van der Waals surface area contributed by atoms with E-state index in [4.69, 9.17) is 9.72 Å². The van der Waals surface area contributed by atoms with E-state index in [1.54, 1.807) is 7.11 Å². The van der Waals surface area contributed by atoms with Crippen molar-refractivity contribution in [1.82, 2.24) is 14.9 Å². The molecule has 0 fully saturated rings. The predicted octanol–water partition coefficient (Wildman–Crippen LogP) is 6.32. The third-order valence-corrected chi connectivity index (χ3v) is 5.67. The van der Waals surface area contributed by atoms with Gasteiger partial charge < -0.3 is 14.6 Å². The second kappa shape index (κ2) is 10.8. The lowest BCUT2D eigenvalue weighted by Crippen LogP contribution is -2.17. The highest BCUT2D eigenvalue weighted by atomic mass is 16.5. The van der Waals surface area contributed by atoms with E-state index in [1.807, 2.05) is 24.3 Å². The first-order valence-corrected chi connectivity index (χ1v) is 11.3. The first-order valence-electron chi connectivity index (χ1n) is 11.3. The minimum Gasteiger partial charge on any atom is -0.496 e. The number of aromatic nitrogens is 2. The second-order valence-electron chi connectivity index (χ2n) is 7.89. The molecule has 4 nitrogen and oxygen atoms in total. The molecule has 4 rings (SSSR count). The molecule has 0 unspecified atom stereocenters. The zero-order valence-corrected chi connectivity index (χ0v) is 18.9. The Labute approximate surface area is 190 Å². The van der Waals surface area contributed by atoms with Gasteiger partial charge >= 0.3 is 0 Å². The van der Waals surface area contributed by atoms with Gasteiger partial charge in [0.2, 0.25) is 0 Å². The van der Waals surface area contributed by atoms with Gasteiger partial charge in [0.25, 0.3) is 0 Å². The fourth-order valence-electron chi connectivity index (χ4n) is 4.01. The van der Waals surface area contributed by atoms with Crippen molar-refractivity contribution in [3.63, 3.8) is 0 Å². The van der Waals surface area contributed by atoms with Crippen LogP contribution in [0.4, 0.5) is 0 Å². The highest BCUT2D eigenvalue weighted by Crippen LogP contribution is 2.34. The molecule has 0 bridgehead atoms.